The third-order valence-electron chi connectivity index (χ3n) is 5.57. The molecule has 3 aromatic heterocycles. The number of hydrogen-bond acceptors (Lipinski definition) is 5. The lowest BCUT2D eigenvalue weighted by Gasteiger charge is -2.16. The molecular weight excluding hydrogens is 392 g/mol. The summed E-state index contributed by atoms with van der Waals surface area (Å²) in [6, 6.07) is 8.10. The molecule has 0 bridgehead atoms. The molecule has 1 atom stereocenters. The van der Waals surface area contributed by atoms with Gasteiger partial charge in [-0.3, -0.25) is 10.1 Å². The normalized spacial score (nSPS) is 18.1. The van der Waals surface area contributed by atoms with Crippen LogP contribution in [0.4, 0.5) is 0 Å². The predicted molar refractivity (Wildman–Crippen MR) is 111 cm³/mol. The van der Waals surface area contributed by atoms with E-state index in [1.807, 2.05) is 30.5 Å². The molecule has 28 heavy (non-hydrogen) atoms. The van der Waals surface area contributed by atoms with Crippen LogP contribution in [0.25, 0.3) is 21.3 Å². The molecule has 0 aliphatic carbocycles. The summed E-state index contributed by atoms with van der Waals surface area (Å²) < 4.78 is 7.65. The van der Waals surface area contributed by atoms with Crippen molar-refractivity contribution in [2.75, 3.05) is 6.54 Å². The first-order valence-electron chi connectivity index (χ1n) is 9.36. The Labute approximate surface area is 170 Å². The first-order valence-corrected chi connectivity index (χ1v) is 10.6. The second-order valence-electron chi connectivity index (χ2n) is 7.24. The lowest BCUT2D eigenvalue weighted by atomic mass is 9.99. The Bertz CT molecular complexity index is 1210. The second kappa shape index (κ2) is 6.30. The van der Waals surface area contributed by atoms with Crippen molar-refractivity contribution < 1.29 is 4.74 Å². The van der Waals surface area contributed by atoms with Crippen LogP contribution in [-0.4, -0.2) is 21.7 Å². The van der Waals surface area contributed by atoms with Crippen molar-refractivity contribution in [1.82, 2.24) is 20.5 Å². The molecule has 2 aliphatic heterocycles. The zero-order chi connectivity index (χ0) is 18.7. The monoisotopic (exact) mass is 408 g/mol. The van der Waals surface area contributed by atoms with E-state index in [2.05, 4.69) is 25.9 Å². The predicted octanol–water partition coefficient (Wildman–Crippen LogP) is 4.66. The molecule has 2 N–H and O–H groups in total. The topological polar surface area (TPSA) is 62.8 Å². The highest BCUT2D eigenvalue weighted by molar-refractivity contribution is 7.17. The van der Waals surface area contributed by atoms with Crippen molar-refractivity contribution in [2.45, 2.75) is 25.5 Å². The number of aromatic amines is 1. The van der Waals surface area contributed by atoms with E-state index in [9.17, 15) is 0 Å². The summed E-state index contributed by atoms with van der Waals surface area (Å²) in [6.07, 6.45) is 3.51. The fraction of sp³-hybridized carbons (Fsp3) is 0.238. The van der Waals surface area contributed by atoms with Gasteiger partial charge >= 0.3 is 0 Å². The first-order chi connectivity index (χ1) is 13.8. The van der Waals surface area contributed by atoms with Gasteiger partial charge in [-0.05, 0) is 29.6 Å². The van der Waals surface area contributed by atoms with Crippen molar-refractivity contribution in [1.29, 1.82) is 0 Å². The van der Waals surface area contributed by atoms with Crippen molar-refractivity contribution in [3.8, 4) is 16.9 Å². The Morgan fingerprint density at radius 3 is 3.14 bits per heavy atom. The Balaban J connectivity index is 1.46. The number of fused-ring (bicyclic) bond motifs is 3. The molecule has 1 aromatic carbocycles. The number of thiophene rings is 1. The number of nitrogens with one attached hydrogen (secondary N) is 2. The van der Waals surface area contributed by atoms with Gasteiger partial charge in [-0.25, -0.2) is 0 Å². The van der Waals surface area contributed by atoms with Crippen molar-refractivity contribution in [3.63, 3.8) is 0 Å². The maximum absolute atomic E-state index is 6.50. The third kappa shape index (κ3) is 2.49. The third-order valence-corrected chi connectivity index (χ3v) is 6.73. The molecular formula is C21H17ClN4OS. The molecule has 2 aliphatic rings. The van der Waals surface area contributed by atoms with Crippen LogP contribution in [0.3, 0.4) is 0 Å². The number of H-pyrrole nitrogens is 1. The van der Waals surface area contributed by atoms with Crippen LogP contribution in [0.1, 0.15) is 28.6 Å². The Morgan fingerprint density at radius 2 is 2.18 bits per heavy atom. The number of halogens is 1. The average molecular weight is 409 g/mol. The fourth-order valence-electron chi connectivity index (χ4n) is 4.28. The van der Waals surface area contributed by atoms with Gasteiger partial charge in [-0.1, -0.05) is 11.6 Å². The lowest BCUT2D eigenvalue weighted by Crippen LogP contribution is -2.24. The van der Waals surface area contributed by atoms with Gasteiger partial charge < -0.3 is 10.1 Å². The molecule has 0 radical (unpaired) electrons. The van der Waals surface area contributed by atoms with Gasteiger partial charge in [0.25, 0.3) is 0 Å². The minimum absolute atomic E-state index is 0.0900. The fourth-order valence-corrected chi connectivity index (χ4v) is 5.40. The van der Waals surface area contributed by atoms with E-state index < -0.39 is 0 Å². The molecule has 5 heterocycles. The van der Waals surface area contributed by atoms with Gasteiger partial charge in [0.15, 0.2) is 0 Å². The van der Waals surface area contributed by atoms with Crippen LogP contribution >= 0.6 is 22.9 Å². The summed E-state index contributed by atoms with van der Waals surface area (Å²) in [5.41, 5.74) is 7.76. The van der Waals surface area contributed by atoms with Gasteiger partial charge in [0, 0.05) is 65.1 Å². The molecule has 6 rings (SSSR count). The number of nitrogens with zero attached hydrogens (tertiary/aromatic N) is 2. The second-order valence-corrected chi connectivity index (χ2v) is 8.59. The number of aromatic nitrogens is 3. The minimum Gasteiger partial charge on any atom is -0.483 e. The molecule has 0 unspecified atom stereocenters. The molecule has 0 amide bonds. The van der Waals surface area contributed by atoms with E-state index in [1.165, 1.54) is 11.3 Å². The van der Waals surface area contributed by atoms with Gasteiger partial charge in [-0.2, -0.15) is 5.10 Å². The van der Waals surface area contributed by atoms with Crippen LogP contribution < -0.4 is 10.1 Å². The molecule has 0 saturated carbocycles. The molecule has 7 heteroatoms. The van der Waals surface area contributed by atoms with Crippen LogP contribution in [0.5, 0.6) is 5.75 Å². The number of rotatable bonds is 2. The van der Waals surface area contributed by atoms with Gasteiger partial charge in [0.05, 0.1) is 10.2 Å². The van der Waals surface area contributed by atoms with Crippen LogP contribution in [-0.2, 0) is 19.4 Å². The molecule has 0 spiro atoms. The SMILES string of the molecule is Clc1cc2c(c(-c3ccnc4ccsc34)c1)O[C@@H](c1n[nH]c3c1CNCC3)C2. The van der Waals surface area contributed by atoms with Gasteiger partial charge in [0.2, 0.25) is 0 Å². The molecule has 4 aromatic rings. The van der Waals surface area contributed by atoms with E-state index >= 15 is 0 Å². The molecule has 5 nitrogen and oxygen atoms in total. The standard InChI is InChI=1S/C21H17ClN4OS/c22-12-7-11-8-18(19-15-10-23-4-2-16(15)25-26-19)27-20(11)14(9-12)13-1-5-24-17-3-6-28-21(13)17/h1,3,5-7,9,18,23H,2,4,8,10H2,(H,25,26)/t18-/m1/s1. The van der Waals surface area contributed by atoms with Gasteiger partial charge in [-0.15, -0.1) is 11.3 Å². The smallest absolute Gasteiger partial charge is 0.147 e. The highest BCUT2D eigenvalue weighted by atomic mass is 35.5. The Kier molecular flexibility index (Phi) is 3.72. The zero-order valence-corrected chi connectivity index (χ0v) is 16.5. The maximum Gasteiger partial charge on any atom is 0.147 e. The zero-order valence-electron chi connectivity index (χ0n) is 15.0. The highest BCUT2D eigenvalue weighted by Crippen LogP contribution is 2.47. The lowest BCUT2D eigenvalue weighted by molar-refractivity contribution is 0.232. The van der Waals surface area contributed by atoms with Crippen LogP contribution in [0.2, 0.25) is 5.02 Å². The number of pyridine rings is 1. The summed E-state index contributed by atoms with van der Waals surface area (Å²) in [5, 5.41) is 14.0. The quantitative estimate of drug-likeness (QED) is 0.506. The first kappa shape index (κ1) is 16.5. The van der Waals surface area contributed by atoms with Crippen LogP contribution in [0.15, 0.2) is 35.8 Å². The summed E-state index contributed by atoms with van der Waals surface area (Å²) in [4.78, 5) is 4.46. The molecule has 140 valence electrons. The van der Waals surface area contributed by atoms with Crippen LogP contribution in [0, 0.1) is 0 Å². The van der Waals surface area contributed by atoms with E-state index in [0.717, 1.165) is 69.3 Å². The van der Waals surface area contributed by atoms with E-state index in [1.54, 1.807) is 11.3 Å². The number of ether oxygens (including phenoxy) is 1. The number of benzene rings is 1. The Hall–Kier alpha value is -2.41. The van der Waals surface area contributed by atoms with E-state index in [4.69, 9.17) is 16.3 Å². The molecule has 0 saturated heterocycles. The van der Waals surface area contributed by atoms with Crippen molar-refractivity contribution in [3.05, 3.63) is 63.4 Å². The van der Waals surface area contributed by atoms with E-state index in [-0.39, 0.29) is 6.10 Å². The summed E-state index contributed by atoms with van der Waals surface area (Å²) in [6.45, 7) is 1.82. The van der Waals surface area contributed by atoms with Crippen molar-refractivity contribution >= 4 is 33.2 Å². The minimum atomic E-state index is -0.0900. The van der Waals surface area contributed by atoms with E-state index in [0.29, 0.717) is 0 Å². The maximum atomic E-state index is 6.50. The average Bonchev–Trinajstić information content (AvgIpc) is 3.43. The number of hydrogen-bond donors (Lipinski definition) is 2. The van der Waals surface area contributed by atoms with Crippen molar-refractivity contribution in [2.24, 2.45) is 0 Å². The summed E-state index contributed by atoms with van der Waals surface area (Å²) >= 11 is 8.18. The Morgan fingerprint density at radius 1 is 1.21 bits per heavy atom. The summed E-state index contributed by atoms with van der Waals surface area (Å²) in [5.74, 6) is 0.913. The van der Waals surface area contributed by atoms with Gasteiger partial charge in [0.1, 0.15) is 17.5 Å². The highest BCUT2D eigenvalue weighted by Gasteiger charge is 2.33. The summed E-state index contributed by atoms with van der Waals surface area (Å²) in [7, 11) is 0. The molecule has 0 fully saturated rings. The largest absolute Gasteiger partial charge is 0.483 e.